The molecule has 112 valence electrons. The van der Waals surface area contributed by atoms with E-state index in [-0.39, 0.29) is 23.2 Å². The third-order valence-electron chi connectivity index (χ3n) is 2.60. The molecule has 0 spiro atoms. The van der Waals surface area contributed by atoms with E-state index >= 15 is 0 Å². The number of rotatable bonds is 5. The zero-order valence-electron chi connectivity index (χ0n) is 11.0. The van der Waals surface area contributed by atoms with Gasteiger partial charge in [-0.1, -0.05) is 0 Å². The summed E-state index contributed by atoms with van der Waals surface area (Å²) in [7, 11) is 1.29. The van der Waals surface area contributed by atoms with Gasteiger partial charge >= 0.3 is 5.97 Å². The molecule has 0 saturated carbocycles. The number of anilines is 2. The summed E-state index contributed by atoms with van der Waals surface area (Å²) in [5.41, 5.74) is 0.270. The second-order valence-corrected chi connectivity index (χ2v) is 4.95. The van der Waals surface area contributed by atoms with Crippen molar-refractivity contribution in [3.8, 4) is 0 Å². The van der Waals surface area contributed by atoms with Gasteiger partial charge in [0, 0.05) is 23.9 Å². The predicted molar refractivity (Wildman–Crippen MR) is 72.0 cm³/mol. The van der Waals surface area contributed by atoms with Crippen LogP contribution >= 0.6 is 11.3 Å². The van der Waals surface area contributed by atoms with E-state index < -0.39 is 17.5 Å². The summed E-state index contributed by atoms with van der Waals surface area (Å²) in [4.78, 5) is 15.1. The summed E-state index contributed by atoms with van der Waals surface area (Å²) in [5, 5.41) is 4.45. The number of carbonyl (C=O) groups excluding carboxylic acids is 1. The second-order valence-electron chi connectivity index (χ2n) is 4.09. The van der Waals surface area contributed by atoms with Crippen LogP contribution in [-0.2, 0) is 16.0 Å². The Bertz CT molecular complexity index is 661. The smallest absolute Gasteiger partial charge is 0.305 e. The van der Waals surface area contributed by atoms with Crippen molar-refractivity contribution in [2.75, 3.05) is 12.4 Å². The van der Waals surface area contributed by atoms with Crippen LogP contribution < -0.4 is 5.32 Å². The SMILES string of the molecule is COC(=O)CCc1csc(Nc2cc(F)cc(F)c2F)n1. The maximum Gasteiger partial charge on any atom is 0.305 e. The maximum atomic E-state index is 13.5. The molecule has 0 aliphatic carbocycles. The van der Waals surface area contributed by atoms with E-state index in [1.54, 1.807) is 5.38 Å². The van der Waals surface area contributed by atoms with Crippen LogP contribution in [0.15, 0.2) is 17.5 Å². The molecule has 0 bridgehead atoms. The summed E-state index contributed by atoms with van der Waals surface area (Å²) in [6.45, 7) is 0. The molecule has 0 saturated heterocycles. The Hall–Kier alpha value is -2.09. The van der Waals surface area contributed by atoms with Gasteiger partial charge in [-0.05, 0) is 0 Å². The minimum Gasteiger partial charge on any atom is -0.469 e. The minimum atomic E-state index is -1.28. The highest BCUT2D eigenvalue weighted by molar-refractivity contribution is 7.13. The van der Waals surface area contributed by atoms with Crippen molar-refractivity contribution in [3.05, 3.63) is 40.7 Å². The molecular formula is C13H11F3N2O2S. The lowest BCUT2D eigenvalue weighted by molar-refractivity contribution is -0.140. The van der Waals surface area contributed by atoms with E-state index in [0.29, 0.717) is 18.2 Å². The standard InChI is InChI=1S/C13H11F3N2O2S/c1-20-11(19)3-2-8-6-21-13(17-8)18-10-5-7(14)4-9(15)12(10)16/h4-6H,2-3H2,1H3,(H,17,18). The molecule has 4 nitrogen and oxygen atoms in total. The lowest BCUT2D eigenvalue weighted by Crippen LogP contribution is -2.02. The molecule has 1 aromatic heterocycles. The van der Waals surface area contributed by atoms with Gasteiger partial charge in [-0.15, -0.1) is 11.3 Å². The number of aryl methyl sites for hydroxylation is 1. The number of carbonyl (C=O) groups is 1. The maximum absolute atomic E-state index is 13.5. The molecule has 0 aliphatic heterocycles. The highest BCUT2D eigenvalue weighted by atomic mass is 32.1. The monoisotopic (exact) mass is 316 g/mol. The van der Waals surface area contributed by atoms with Crippen LogP contribution in [0.25, 0.3) is 0 Å². The summed E-state index contributed by atoms with van der Waals surface area (Å²) in [5.74, 6) is -3.71. The number of ether oxygens (including phenoxy) is 1. The number of aromatic nitrogens is 1. The quantitative estimate of drug-likeness (QED) is 0.678. The van der Waals surface area contributed by atoms with Crippen molar-refractivity contribution in [1.82, 2.24) is 4.98 Å². The number of halogens is 3. The number of methoxy groups -OCH3 is 1. The fourth-order valence-corrected chi connectivity index (χ4v) is 2.33. The number of nitrogens with one attached hydrogen (secondary N) is 1. The van der Waals surface area contributed by atoms with Crippen molar-refractivity contribution in [2.45, 2.75) is 12.8 Å². The summed E-state index contributed by atoms with van der Waals surface area (Å²) < 4.78 is 44.1. The van der Waals surface area contributed by atoms with Crippen LogP contribution in [0, 0.1) is 17.5 Å². The molecule has 1 heterocycles. The first-order valence-electron chi connectivity index (χ1n) is 5.92. The first kappa shape index (κ1) is 15.3. The van der Waals surface area contributed by atoms with E-state index in [2.05, 4.69) is 15.0 Å². The Morgan fingerprint density at radius 2 is 2.14 bits per heavy atom. The Morgan fingerprint density at radius 3 is 2.86 bits per heavy atom. The van der Waals surface area contributed by atoms with Crippen molar-refractivity contribution >= 4 is 28.1 Å². The molecule has 0 aliphatic rings. The van der Waals surface area contributed by atoms with Gasteiger partial charge < -0.3 is 10.1 Å². The van der Waals surface area contributed by atoms with Crippen LogP contribution in [0.4, 0.5) is 24.0 Å². The zero-order chi connectivity index (χ0) is 15.4. The summed E-state index contributed by atoms with van der Waals surface area (Å²) in [6, 6.07) is 1.30. The molecule has 2 rings (SSSR count). The van der Waals surface area contributed by atoms with Gasteiger partial charge in [-0.2, -0.15) is 0 Å². The van der Waals surface area contributed by atoms with Crippen LogP contribution in [0.5, 0.6) is 0 Å². The first-order valence-corrected chi connectivity index (χ1v) is 6.80. The second kappa shape index (κ2) is 6.57. The minimum absolute atomic E-state index is 0.169. The molecule has 2 aromatic rings. The van der Waals surface area contributed by atoms with Crippen molar-refractivity contribution in [2.24, 2.45) is 0 Å². The van der Waals surface area contributed by atoms with Crippen LogP contribution in [0.1, 0.15) is 12.1 Å². The number of thiazole rings is 1. The highest BCUT2D eigenvalue weighted by Gasteiger charge is 2.13. The van der Waals surface area contributed by atoms with Gasteiger partial charge in [-0.3, -0.25) is 4.79 Å². The Kier molecular flexibility index (Phi) is 4.79. The van der Waals surface area contributed by atoms with Gasteiger partial charge in [0.25, 0.3) is 0 Å². The number of nitrogens with zero attached hydrogens (tertiary/aromatic N) is 1. The molecular weight excluding hydrogens is 305 g/mol. The van der Waals surface area contributed by atoms with Crippen molar-refractivity contribution in [3.63, 3.8) is 0 Å². The van der Waals surface area contributed by atoms with E-state index in [9.17, 15) is 18.0 Å². The largest absolute Gasteiger partial charge is 0.469 e. The Balaban J connectivity index is 2.07. The molecule has 1 aromatic carbocycles. The fraction of sp³-hybridized carbons (Fsp3) is 0.231. The van der Waals surface area contributed by atoms with Crippen molar-refractivity contribution < 1.29 is 22.7 Å². The normalized spacial score (nSPS) is 10.5. The molecule has 21 heavy (non-hydrogen) atoms. The van der Waals surface area contributed by atoms with Gasteiger partial charge in [0.1, 0.15) is 5.82 Å². The first-order chi connectivity index (χ1) is 9.99. The van der Waals surface area contributed by atoms with Crippen molar-refractivity contribution in [1.29, 1.82) is 0 Å². The van der Waals surface area contributed by atoms with Crippen LogP contribution in [0.3, 0.4) is 0 Å². The zero-order valence-corrected chi connectivity index (χ0v) is 11.8. The Morgan fingerprint density at radius 1 is 1.38 bits per heavy atom. The summed E-state index contributed by atoms with van der Waals surface area (Å²) >= 11 is 1.14. The third kappa shape index (κ3) is 3.94. The number of esters is 1. The average molecular weight is 316 g/mol. The molecule has 0 atom stereocenters. The molecule has 0 radical (unpaired) electrons. The topological polar surface area (TPSA) is 51.2 Å². The molecule has 8 heteroatoms. The number of hydrogen-bond acceptors (Lipinski definition) is 5. The van der Waals surface area contributed by atoms with Gasteiger partial charge in [0.15, 0.2) is 16.8 Å². The number of hydrogen-bond donors (Lipinski definition) is 1. The van der Waals surface area contributed by atoms with Gasteiger partial charge in [0.05, 0.1) is 24.9 Å². The molecule has 0 unspecified atom stereocenters. The van der Waals surface area contributed by atoms with Gasteiger partial charge in [-0.25, -0.2) is 18.2 Å². The summed E-state index contributed by atoms with van der Waals surface area (Å²) in [6.07, 6.45) is 0.535. The third-order valence-corrected chi connectivity index (χ3v) is 3.41. The lowest BCUT2D eigenvalue weighted by Gasteiger charge is -2.05. The van der Waals surface area contributed by atoms with Crippen LogP contribution in [0.2, 0.25) is 0 Å². The van der Waals surface area contributed by atoms with E-state index in [4.69, 9.17) is 0 Å². The van der Waals surface area contributed by atoms with Gasteiger partial charge in [0.2, 0.25) is 0 Å². The lowest BCUT2D eigenvalue weighted by atomic mass is 10.2. The van der Waals surface area contributed by atoms with Crippen LogP contribution in [-0.4, -0.2) is 18.1 Å². The Labute approximate surface area is 122 Å². The number of benzene rings is 1. The van der Waals surface area contributed by atoms with E-state index in [0.717, 1.165) is 17.4 Å². The average Bonchev–Trinajstić information content (AvgIpc) is 2.89. The highest BCUT2D eigenvalue weighted by Crippen LogP contribution is 2.25. The molecule has 0 fully saturated rings. The van der Waals surface area contributed by atoms with E-state index in [1.165, 1.54) is 7.11 Å². The molecule has 1 N–H and O–H groups in total. The fourth-order valence-electron chi connectivity index (χ4n) is 1.57. The van der Waals surface area contributed by atoms with E-state index in [1.807, 2.05) is 0 Å². The molecule has 0 amide bonds. The predicted octanol–water partition coefficient (Wildman–Crippen LogP) is 3.41.